The number of nitrogens with one attached hydrogen (secondary N) is 2. The Morgan fingerprint density at radius 3 is 2.68 bits per heavy atom. The third kappa shape index (κ3) is 4.30. The lowest BCUT2D eigenvalue weighted by molar-refractivity contribution is 0.0663. The Hall–Kier alpha value is -3.25. The van der Waals surface area contributed by atoms with Crippen molar-refractivity contribution in [2.24, 2.45) is 4.99 Å². The van der Waals surface area contributed by atoms with E-state index in [9.17, 15) is 0 Å². The number of aromatic amines is 1. The Morgan fingerprint density at radius 1 is 1.06 bits per heavy atom. The molecule has 31 heavy (non-hydrogen) atoms. The Morgan fingerprint density at radius 2 is 1.90 bits per heavy atom. The number of hydrogen-bond acceptors (Lipinski definition) is 5. The van der Waals surface area contributed by atoms with E-state index in [0.29, 0.717) is 12.1 Å². The minimum Gasteiger partial charge on any atom is -0.381 e. The number of benzene rings is 2. The molecule has 0 unspecified atom stereocenters. The van der Waals surface area contributed by atoms with Crippen LogP contribution in [0.5, 0.6) is 0 Å². The average Bonchev–Trinajstić information content (AvgIpc) is 2.80. The minimum absolute atomic E-state index is 0.300. The lowest BCUT2D eigenvalue weighted by Crippen LogP contribution is -2.25. The van der Waals surface area contributed by atoms with Crippen LogP contribution in [0.1, 0.15) is 31.4 Å². The van der Waals surface area contributed by atoms with Gasteiger partial charge in [0.15, 0.2) is 0 Å². The van der Waals surface area contributed by atoms with Crippen LogP contribution < -0.4 is 10.7 Å². The van der Waals surface area contributed by atoms with E-state index in [0.717, 1.165) is 70.5 Å². The second-order valence-corrected chi connectivity index (χ2v) is 8.25. The van der Waals surface area contributed by atoms with Crippen LogP contribution in [0.2, 0.25) is 0 Å². The third-order valence-electron chi connectivity index (χ3n) is 6.02. The molecule has 2 N–H and O–H groups in total. The van der Waals surface area contributed by atoms with Gasteiger partial charge in [0.05, 0.1) is 57.5 Å². The molecule has 6 heteroatoms. The van der Waals surface area contributed by atoms with E-state index in [1.165, 1.54) is 0 Å². The quantitative estimate of drug-likeness (QED) is 0.463. The van der Waals surface area contributed by atoms with Gasteiger partial charge in [0.25, 0.3) is 0 Å². The SMILES string of the molecule is COC1CCC(N=c2cc3[nH]c4ccccc4nc-3cc2Nc2ccc(C)nc2)CC1. The predicted molar refractivity (Wildman–Crippen MR) is 124 cm³/mol. The smallest absolute Gasteiger partial charge is 0.0894 e. The maximum absolute atomic E-state index is 5.53. The zero-order valence-electron chi connectivity index (χ0n) is 17.9. The molecule has 1 fully saturated rings. The number of para-hydroxylation sites is 2. The van der Waals surface area contributed by atoms with Crippen LogP contribution in [0.25, 0.3) is 22.4 Å². The molecule has 5 rings (SSSR count). The number of aryl methyl sites for hydroxylation is 1. The summed E-state index contributed by atoms with van der Waals surface area (Å²) in [7, 11) is 1.80. The van der Waals surface area contributed by atoms with Crippen molar-refractivity contribution in [3.05, 3.63) is 65.8 Å². The normalized spacial score (nSPS) is 19.7. The summed E-state index contributed by atoms with van der Waals surface area (Å²) < 4.78 is 5.53. The maximum atomic E-state index is 5.53. The number of fused-ring (bicyclic) bond motifs is 2. The molecule has 1 aromatic carbocycles. The van der Waals surface area contributed by atoms with E-state index >= 15 is 0 Å². The average molecular weight is 414 g/mol. The van der Waals surface area contributed by atoms with Crippen molar-refractivity contribution in [3.63, 3.8) is 0 Å². The minimum atomic E-state index is 0.300. The number of ether oxygens (including phenoxy) is 1. The largest absolute Gasteiger partial charge is 0.381 e. The first-order valence-corrected chi connectivity index (χ1v) is 10.9. The zero-order valence-corrected chi connectivity index (χ0v) is 17.9. The zero-order chi connectivity index (χ0) is 21.2. The van der Waals surface area contributed by atoms with Crippen LogP contribution in [0.15, 0.2) is 59.7 Å². The van der Waals surface area contributed by atoms with Gasteiger partial charge in [0, 0.05) is 12.8 Å². The summed E-state index contributed by atoms with van der Waals surface area (Å²) in [5, 5.41) is 4.46. The number of hydrogen-bond donors (Lipinski definition) is 2. The lowest BCUT2D eigenvalue weighted by Gasteiger charge is -2.25. The van der Waals surface area contributed by atoms with Gasteiger partial charge in [-0.2, -0.15) is 0 Å². The molecular weight excluding hydrogens is 386 g/mol. The van der Waals surface area contributed by atoms with Gasteiger partial charge in [-0.3, -0.25) is 9.98 Å². The first-order valence-electron chi connectivity index (χ1n) is 10.9. The number of H-pyrrole nitrogens is 1. The van der Waals surface area contributed by atoms with Crippen molar-refractivity contribution >= 4 is 22.4 Å². The van der Waals surface area contributed by atoms with Gasteiger partial charge in [-0.25, -0.2) is 4.98 Å². The summed E-state index contributed by atoms with van der Waals surface area (Å²) >= 11 is 0. The molecule has 1 aliphatic heterocycles. The molecule has 0 saturated heterocycles. The molecule has 0 radical (unpaired) electrons. The molecule has 1 aromatic heterocycles. The van der Waals surface area contributed by atoms with Crippen molar-refractivity contribution in [1.29, 1.82) is 0 Å². The molecule has 0 spiro atoms. The van der Waals surface area contributed by atoms with E-state index in [2.05, 4.69) is 33.5 Å². The Bertz CT molecular complexity index is 1220. The Kier molecular flexibility index (Phi) is 5.38. The summed E-state index contributed by atoms with van der Waals surface area (Å²) in [6.45, 7) is 1.99. The number of aromatic nitrogens is 3. The fourth-order valence-corrected chi connectivity index (χ4v) is 4.23. The molecule has 2 heterocycles. The summed E-state index contributed by atoms with van der Waals surface area (Å²) in [6, 6.07) is 16.6. The van der Waals surface area contributed by atoms with Crippen LogP contribution in [-0.4, -0.2) is 34.2 Å². The molecule has 6 nitrogen and oxygen atoms in total. The summed E-state index contributed by atoms with van der Waals surface area (Å²) in [5.41, 5.74) is 6.73. The standard InChI is InChI=1S/C25H27N5O/c1-16-7-8-18(15-26-16)28-23-14-25-24(29-20-5-3-4-6-21(20)30-25)13-22(23)27-17-9-11-19(31-2)12-10-17/h3-8,13-15,17,19,28-29H,9-12H2,1-2H3. The molecule has 1 saturated carbocycles. The van der Waals surface area contributed by atoms with Gasteiger partial charge >= 0.3 is 0 Å². The van der Waals surface area contributed by atoms with Gasteiger partial charge in [0.2, 0.25) is 0 Å². The van der Waals surface area contributed by atoms with Gasteiger partial charge in [-0.1, -0.05) is 12.1 Å². The molecule has 0 atom stereocenters. The van der Waals surface area contributed by atoms with Gasteiger partial charge < -0.3 is 15.0 Å². The lowest BCUT2D eigenvalue weighted by atomic mass is 9.93. The number of rotatable bonds is 4. The summed E-state index contributed by atoms with van der Waals surface area (Å²) in [4.78, 5) is 17.9. The first kappa shape index (κ1) is 19.7. The van der Waals surface area contributed by atoms with Crippen molar-refractivity contribution in [2.75, 3.05) is 12.4 Å². The number of methoxy groups -OCH3 is 1. The van der Waals surface area contributed by atoms with E-state index in [1.54, 1.807) is 7.11 Å². The van der Waals surface area contributed by atoms with Crippen molar-refractivity contribution in [2.45, 2.75) is 44.8 Å². The molecule has 0 bridgehead atoms. The maximum Gasteiger partial charge on any atom is 0.0894 e. The van der Waals surface area contributed by atoms with Gasteiger partial charge in [-0.05, 0) is 69.0 Å². The van der Waals surface area contributed by atoms with Crippen LogP contribution in [0, 0.1) is 6.92 Å². The van der Waals surface area contributed by atoms with Gasteiger partial charge in [-0.15, -0.1) is 0 Å². The first-order chi connectivity index (χ1) is 15.2. The van der Waals surface area contributed by atoms with Crippen LogP contribution in [-0.2, 0) is 4.74 Å². The van der Waals surface area contributed by atoms with Gasteiger partial charge in [0.1, 0.15) is 0 Å². The molecule has 2 aromatic rings. The van der Waals surface area contributed by atoms with Crippen LogP contribution in [0.3, 0.4) is 0 Å². The van der Waals surface area contributed by atoms with Crippen molar-refractivity contribution < 1.29 is 4.74 Å². The fraction of sp³-hybridized carbons (Fsp3) is 0.320. The van der Waals surface area contributed by atoms with Crippen molar-refractivity contribution in [1.82, 2.24) is 15.0 Å². The molecule has 158 valence electrons. The highest BCUT2D eigenvalue weighted by Gasteiger charge is 2.20. The van der Waals surface area contributed by atoms with Crippen LogP contribution >= 0.6 is 0 Å². The molecule has 2 aliphatic carbocycles. The topological polar surface area (TPSA) is 75.2 Å². The third-order valence-corrected chi connectivity index (χ3v) is 6.02. The summed E-state index contributed by atoms with van der Waals surface area (Å²) in [5.74, 6) is 0. The highest BCUT2D eigenvalue weighted by Crippen LogP contribution is 2.26. The second kappa shape index (κ2) is 8.47. The highest BCUT2D eigenvalue weighted by atomic mass is 16.5. The van der Waals surface area contributed by atoms with Crippen molar-refractivity contribution in [3.8, 4) is 11.4 Å². The Labute approximate surface area is 181 Å². The monoisotopic (exact) mass is 413 g/mol. The molecule has 3 aliphatic rings. The highest BCUT2D eigenvalue weighted by molar-refractivity contribution is 5.80. The molecule has 0 amide bonds. The fourth-order valence-electron chi connectivity index (χ4n) is 4.23. The summed E-state index contributed by atoms with van der Waals surface area (Å²) in [6.07, 6.45) is 6.42. The number of nitrogens with zero attached hydrogens (tertiary/aromatic N) is 3. The van der Waals surface area contributed by atoms with E-state index in [4.69, 9.17) is 14.7 Å². The molecular formula is C25H27N5O. The van der Waals surface area contributed by atoms with E-state index in [-0.39, 0.29) is 0 Å². The van der Waals surface area contributed by atoms with E-state index < -0.39 is 0 Å². The Balaban J connectivity index is 1.59. The predicted octanol–water partition coefficient (Wildman–Crippen LogP) is 4.97. The second-order valence-electron chi connectivity index (χ2n) is 8.25. The number of anilines is 2. The van der Waals surface area contributed by atoms with E-state index in [1.807, 2.05) is 43.5 Å². The number of pyridine rings is 1. The van der Waals surface area contributed by atoms with Crippen LogP contribution in [0.4, 0.5) is 11.4 Å².